The predicted molar refractivity (Wildman–Crippen MR) is 152 cm³/mol. The molecule has 0 aromatic heterocycles. The Hall–Kier alpha value is -3.60. The fourth-order valence-electron chi connectivity index (χ4n) is 5.35. The Morgan fingerprint density at radius 1 is 0.868 bits per heavy atom. The Bertz CT molecular complexity index is 1170. The quantitative estimate of drug-likeness (QED) is 0.387. The highest BCUT2D eigenvalue weighted by Crippen LogP contribution is 2.27. The van der Waals surface area contributed by atoms with Crippen molar-refractivity contribution in [3.8, 4) is 5.75 Å². The van der Waals surface area contributed by atoms with Gasteiger partial charge in [0.2, 0.25) is 5.91 Å². The number of hydrogen-bond donors (Lipinski definition) is 0. The van der Waals surface area contributed by atoms with E-state index in [1.807, 2.05) is 72.5 Å². The van der Waals surface area contributed by atoms with Crippen molar-refractivity contribution in [2.45, 2.75) is 57.9 Å². The number of rotatable bonds is 6. The van der Waals surface area contributed by atoms with Crippen LogP contribution < -0.4 is 4.74 Å². The molecular formula is C33H40N2O3. The zero-order chi connectivity index (χ0) is 26.7. The van der Waals surface area contributed by atoms with Crippen LogP contribution in [0, 0.1) is 0 Å². The summed E-state index contributed by atoms with van der Waals surface area (Å²) < 4.78 is 6.41. The molecule has 0 saturated carbocycles. The van der Waals surface area contributed by atoms with Crippen LogP contribution in [0.3, 0.4) is 0 Å². The second-order valence-corrected chi connectivity index (χ2v) is 10.00. The number of ether oxygens (including phenoxy) is 1. The normalized spacial score (nSPS) is 17.8. The van der Waals surface area contributed by atoms with Crippen LogP contribution in [0.1, 0.15) is 66.9 Å². The smallest absolute Gasteiger partial charge is 0.257 e. The topological polar surface area (TPSA) is 49.9 Å². The van der Waals surface area contributed by atoms with Crippen LogP contribution in [-0.2, 0) is 11.2 Å². The zero-order valence-corrected chi connectivity index (χ0v) is 22.7. The molecule has 0 radical (unpaired) electrons. The Morgan fingerprint density at radius 2 is 1.53 bits per heavy atom. The number of para-hydroxylation sites is 1. The average molecular weight is 513 g/mol. The van der Waals surface area contributed by atoms with Gasteiger partial charge in [-0.1, -0.05) is 79.7 Å². The third kappa shape index (κ3) is 6.83. The molecule has 0 spiro atoms. The van der Waals surface area contributed by atoms with E-state index in [9.17, 15) is 9.59 Å². The predicted octanol–water partition coefficient (Wildman–Crippen LogP) is 6.35. The van der Waals surface area contributed by atoms with Crippen molar-refractivity contribution >= 4 is 11.8 Å². The molecule has 1 heterocycles. The maximum Gasteiger partial charge on any atom is 0.257 e. The van der Waals surface area contributed by atoms with Crippen LogP contribution in [0.25, 0.3) is 0 Å². The summed E-state index contributed by atoms with van der Waals surface area (Å²) in [6, 6.07) is 27.7. The zero-order valence-electron chi connectivity index (χ0n) is 22.7. The van der Waals surface area contributed by atoms with E-state index in [0.29, 0.717) is 44.0 Å². The molecule has 2 atom stereocenters. The van der Waals surface area contributed by atoms with Crippen molar-refractivity contribution in [2.75, 3.05) is 26.2 Å². The summed E-state index contributed by atoms with van der Waals surface area (Å²) in [7, 11) is 0. The average Bonchev–Trinajstić information content (AvgIpc) is 2.97. The van der Waals surface area contributed by atoms with E-state index in [4.69, 9.17) is 4.74 Å². The molecule has 200 valence electrons. The highest BCUT2D eigenvalue weighted by atomic mass is 16.5. The van der Waals surface area contributed by atoms with Gasteiger partial charge in [0.1, 0.15) is 12.4 Å². The molecule has 0 N–H and O–H groups in total. The van der Waals surface area contributed by atoms with Gasteiger partial charge >= 0.3 is 0 Å². The second-order valence-electron chi connectivity index (χ2n) is 10.00. The van der Waals surface area contributed by atoms with Crippen LogP contribution in [0.4, 0.5) is 0 Å². The van der Waals surface area contributed by atoms with E-state index in [1.165, 1.54) is 0 Å². The van der Waals surface area contributed by atoms with Crippen molar-refractivity contribution in [3.63, 3.8) is 0 Å². The molecule has 1 aliphatic heterocycles. The molecule has 1 aliphatic rings. The van der Waals surface area contributed by atoms with Crippen molar-refractivity contribution in [1.82, 2.24) is 9.80 Å². The molecule has 3 aromatic carbocycles. The van der Waals surface area contributed by atoms with Gasteiger partial charge in [-0.05, 0) is 62.3 Å². The summed E-state index contributed by atoms with van der Waals surface area (Å²) in [6.45, 7) is 6.45. The molecule has 0 aliphatic carbocycles. The molecule has 38 heavy (non-hydrogen) atoms. The summed E-state index contributed by atoms with van der Waals surface area (Å²) in [4.78, 5) is 31.6. The minimum absolute atomic E-state index is 0.00464. The van der Waals surface area contributed by atoms with Gasteiger partial charge in [-0.15, -0.1) is 0 Å². The third-order valence-electron chi connectivity index (χ3n) is 7.49. The SMILES string of the molecule is CCC(C(=O)N1CCCCCN(CC)C(=O)c2ccccc2OC[C@H]1Cc1ccccc1)c1ccccc1. The lowest BCUT2D eigenvalue weighted by Gasteiger charge is -2.35. The first-order valence-electron chi connectivity index (χ1n) is 14.0. The number of amides is 2. The minimum Gasteiger partial charge on any atom is -0.491 e. The van der Waals surface area contributed by atoms with Gasteiger partial charge < -0.3 is 14.5 Å². The maximum atomic E-state index is 14.2. The summed E-state index contributed by atoms with van der Waals surface area (Å²) in [5.74, 6) is 0.535. The standard InChI is InChI=1S/C33H40N2O3/c1-3-29(27-18-10-6-11-19-27)33(37)35-23-15-7-14-22-34(4-2)32(36)30-20-12-13-21-31(30)38-25-28(35)24-26-16-8-5-9-17-26/h5-6,8-13,16-21,28-29H,3-4,7,14-15,22-25H2,1-2H3/t28-,29?/m1/s1. The summed E-state index contributed by atoms with van der Waals surface area (Å²) in [5, 5.41) is 0. The van der Waals surface area contributed by atoms with E-state index in [-0.39, 0.29) is 23.8 Å². The first kappa shape index (κ1) is 27.4. The molecule has 4 rings (SSSR count). The maximum absolute atomic E-state index is 14.2. The van der Waals surface area contributed by atoms with Crippen molar-refractivity contribution in [3.05, 3.63) is 102 Å². The fourth-order valence-corrected chi connectivity index (χ4v) is 5.35. The van der Waals surface area contributed by atoms with Gasteiger partial charge in [0.15, 0.2) is 0 Å². The van der Waals surface area contributed by atoms with Gasteiger partial charge in [0.25, 0.3) is 5.91 Å². The molecular weight excluding hydrogens is 472 g/mol. The van der Waals surface area contributed by atoms with Crippen LogP contribution in [-0.4, -0.2) is 53.9 Å². The van der Waals surface area contributed by atoms with Crippen LogP contribution in [0.5, 0.6) is 5.75 Å². The Labute approximate surface area is 227 Å². The van der Waals surface area contributed by atoms with E-state index in [0.717, 1.165) is 36.8 Å². The van der Waals surface area contributed by atoms with Crippen molar-refractivity contribution < 1.29 is 14.3 Å². The molecule has 5 heteroatoms. The van der Waals surface area contributed by atoms with Crippen LogP contribution in [0.15, 0.2) is 84.9 Å². The number of benzene rings is 3. The van der Waals surface area contributed by atoms with Gasteiger partial charge in [0.05, 0.1) is 17.5 Å². The number of carbonyl (C=O) groups excluding carboxylic acids is 2. The van der Waals surface area contributed by atoms with E-state index >= 15 is 0 Å². The van der Waals surface area contributed by atoms with E-state index in [2.05, 4.69) is 36.1 Å². The lowest BCUT2D eigenvalue weighted by Crippen LogP contribution is -2.47. The van der Waals surface area contributed by atoms with Gasteiger partial charge in [-0.2, -0.15) is 0 Å². The number of hydrogen-bond acceptors (Lipinski definition) is 3. The third-order valence-corrected chi connectivity index (χ3v) is 7.49. The monoisotopic (exact) mass is 512 g/mol. The van der Waals surface area contributed by atoms with Crippen molar-refractivity contribution in [2.24, 2.45) is 0 Å². The molecule has 0 bridgehead atoms. The first-order valence-corrected chi connectivity index (χ1v) is 14.0. The summed E-state index contributed by atoms with van der Waals surface area (Å²) >= 11 is 0. The second kappa shape index (κ2) is 13.8. The van der Waals surface area contributed by atoms with E-state index in [1.54, 1.807) is 0 Å². The Balaban J connectivity index is 1.70. The van der Waals surface area contributed by atoms with Crippen LogP contribution >= 0.6 is 0 Å². The number of nitrogens with zero attached hydrogens (tertiary/aromatic N) is 2. The first-order chi connectivity index (χ1) is 18.6. The van der Waals surface area contributed by atoms with Crippen molar-refractivity contribution in [1.29, 1.82) is 0 Å². The number of fused-ring (bicyclic) bond motifs is 1. The molecule has 1 unspecified atom stereocenters. The minimum atomic E-state index is -0.199. The largest absolute Gasteiger partial charge is 0.491 e. The van der Waals surface area contributed by atoms with Gasteiger partial charge in [-0.3, -0.25) is 9.59 Å². The lowest BCUT2D eigenvalue weighted by molar-refractivity contribution is -0.136. The van der Waals surface area contributed by atoms with Gasteiger partial charge in [0, 0.05) is 19.6 Å². The Morgan fingerprint density at radius 3 is 2.24 bits per heavy atom. The molecule has 3 aromatic rings. The molecule has 2 amide bonds. The number of carbonyl (C=O) groups is 2. The van der Waals surface area contributed by atoms with E-state index < -0.39 is 0 Å². The van der Waals surface area contributed by atoms with Gasteiger partial charge in [-0.25, -0.2) is 0 Å². The molecule has 0 saturated heterocycles. The summed E-state index contributed by atoms with van der Waals surface area (Å²) in [5.41, 5.74) is 2.80. The highest BCUT2D eigenvalue weighted by molar-refractivity contribution is 5.97. The molecule has 5 nitrogen and oxygen atoms in total. The Kier molecular flexibility index (Phi) is 9.97. The fraction of sp³-hybridized carbons (Fsp3) is 0.394. The highest BCUT2D eigenvalue weighted by Gasteiger charge is 2.31. The summed E-state index contributed by atoms with van der Waals surface area (Å²) in [6.07, 6.45) is 4.18. The molecule has 0 fully saturated rings. The van der Waals surface area contributed by atoms with Crippen LogP contribution in [0.2, 0.25) is 0 Å². The lowest BCUT2D eigenvalue weighted by atomic mass is 9.93.